The highest BCUT2D eigenvalue weighted by Crippen LogP contribution is 2.54. The second-order valence-corrected chi connectivity index (χ2v) is 10.4. The molecule has 1 aliphatic rings. The highest BCUT2D eigenvalue weighted by atomic mass is 32.2. The van der Waals surface area contributed by atoms with E-state index in [9.17, 15) is 16.8 Å². The van der Waals surface area contributed by atoms with Crippen LogP contribution >= 0.6 is 0 Å². The van der Waals surface area contributed by atoms with Gasteiger partial charge in [-0.2, -0.15) is 16.8 Å². The second-order valence-electron chi connectivity index (χ2n) is 7.07. The molecule has 0 saturated carbocycles. The van der Waals surface area contributed by atoms with E-state index in [4.69, 9.17) is 17.8 Å². The fourth-order valence-electron chi connectivity index (χ4n) is 3.76. The molecule has 0 fully saturated rings. The predicted octanol–water partition coefficient (Wildman–Crippen LogP) is 2.82. The van der Waals surface area contributed by atoms with E-state index < -0.39 is 25.7 Å². The van der Waals surface area contributed by atoms with Crippen LogP contribution in [0.4, 0.5) is 0 Å². The van der Waals surface area contributed by atoms with Crippen LogP contribution in [0.25, 0.3) is 0 Å². The predicted molar refractivity (Wildman–Crippen MR) is 111 cm³/mol. The Labute approximate surface area is 177 Å². The molecule has 0 atom stereocenters. The largest absolute Gasteiger partial charge is 0.493 e. The van der Waals surface area contributed by atoms with Crippen molar-refractivity contribution in [2.24, 2.45) is 0 Å². The molecule has 0 unspecified atom stereocenters. The van der Waals surface area contributed by atoms with Crippen LogP contribution in [0.1, 0.15) is 24.0 Å². The van der Waals surface area contributed by atoms with E-state index in [1.54, 1.807) is 18.2 Å². The Bertz CT molecular complexity index is 1090. The molecule has 0 amide bonds. The smallest absolute Gasteiger partial charge is 0.264 e. The molecule has 0 aliphatic carbocycles. The summed E-state index contributed by atoms with van der Waals surface area (Å²) in [6, 6.07) is 12.8. The summed E-state index contributed by atoms with van der Waals surface area (Å²) in [6.07, 6.45) is 2.49. The molecule has 0 bridgehead atoms. The molecule has 0 radical (unpaired) electrons. The highest BCUT2D eigenvalue weighted by Gasteiger charge is 2.43. The first-order valence-corrected chi connectivity index (χ1v) is 12.8. The van der Waals surface area contributed by atoms with Crippen molar-refractivity contribution in [2.45, 2.75) is 18.3 Å². The van der Waals surface area contributed by atoms with Crippen molar-refractivity contribution < 1.29 is 34.7 Å². The Hall–Kier alpha value is -2.14. The molecule has 0 saturated heterocycles. The quantitative estimate of drug-likeness (QED) is 0.531. The summed E-state index contributed by atoms with van der Waals surface area (Å²) < 4.78 is 67.8. The molecule has 0 aromatic heterocycles. The number of para-hydroxylation sites is 2. The van der Waals surface area contributed by atoms with Crippen LogP contribution in [0.5, 0.6) is 17.2 Å². The molecule has 30 heavy (non-hydrogen) atoms. The van der Waals surface area contributed by atoms with Gasteiger partial charge < -0.3 is 9.47 Å². The van der Waals surface area contributed by atoms with E-state index in [1.807, 2.05) is 24.3 Å². The maximum Gasteiger partial charge on any atom is 0.264 e. The van der Waals surface area contributed by atoms with E-state index in [0.29, 0.717) is 17.2 Å². The monoisotopic (exact) mass is 456 g/mol. The number of ether oxygens (including phenoxy) is 2. The van der Waals surface area contributed by atoms with Gasteiger partial charge in [0.25, 0.3) is 20.2 Å². The fourth-order valence-corrected chi connectivity index (χ4v) is 4.54. The van der Waals surface area contributed by atoms with Gasteiger partial charge in [0.2, 0.25) is 0 Å². The van der Waals surface area contributed by atoms with Gasteiger partial charge in [-0.3, -0.25) is 8.37 Å². The Balaban J connectivity index is 2.13. The Morgan fingerprint density at radius 2 is 1.40 bits per heavy atom. The Kier molecular flexibility index (Phi) is 6.42. The fraction of sp³-hybridized carbons (Fsp3) is 0.400. The van der Waals surface area contributed by atoms with Crippen LogP contribution in [0.3, 0.4) is 0 Å². The first-order valence-electron chi connectivity index (χ1n) is 9.19. The molecule has 2 aromatic rings. The van der Waals surface area contributed by atoms with Crippen molar-refractivity contribution in [3.05, 3.63) is 53.6 Å². The van der Waals surface area contributed by atoms with Crippen LogP contribution in [0, 0.1) is 0 Å². The summed E-state index contributed by atoms with van der Waals surface area (Å²) in [7, 11) is -5.76. The third kappa shape index (κ3) is 4.94. The lowest BCUT2D eigenvalue weighted by atomic mass is 9.68. The van der Waals surface area contributed by atoms with Gasteiger partial charge in [-0.05, 0) is 25.0 Å². The van der Waals surface area contributed by atoms with E-state index in [1.165, 1.54) is 7.11 Å². The van der Waals surface area contributed by atoms with Crippen LogP contribution in [-0.2, 0) is 34.0 Å². The maximum atomic E-state index is 11.5. The average molecular weight is 457 g/mol. The number of fused-ring (bicyclic) bond motifs is 2. The standard InChI is InChI=1S/C20H24O8S2/c1-25-18-10-6-8-16-19(18)28-17-9-5-4-7-15(17)20(16,11-13-26-29(2,21)22)12-14-27-30(3,23)24/h4-10H,11-14H2,1-3H3. The zero-order valence-corrected chi connectivity index (χ0v) is 18.6. The summed E-state index contributed by atoms with van der Waals surface area (Å²) in [5.74, 6) is 1.59. The zero-order chi connectivity index (χ0) is 22.0. The van der Waals surface area contributed by atoms with Gasteiger partial charge >= 0.3 is 0 Å². The van der Waals surface area contributed by atoms with E-state index in [-0.39, 0.29) is 26.1 Å². The van der Waals surface area contributed by atoms with Crippen LogP contribution in [0.2, 0.25) is 0 Å². The molecule has 0 spiro atoms. The van der Waals surface area contributed by atoms with Gasteiger partial charge in [-0.25, -0.2) is 0 Å². The van der Waals surface area contributed by atoms with Gasteiger partial charge in [0.1, 0.15) is 5.75 Å². The third-order valence-electron chi connectivity index (χ3n) is 4.98. The van der Waals surface area contributed by atoms with Crippen LogP contribution in [-0.4, -0.2) is 49.7 Å². The Morgan fingerprint density at radius 1 is 0.833 bits per heavy atom. The van der Waals surface area contributed by atoms with Gasteiger partial charge in [0.05, 0.1) is 32.8 Å². The molecule has 1 aliphatic heterocycles. The molecule has 8 nitrogen and oxygen atoms in total. The zero-order valence-electron chi connectivity index (χ0n) is 17.0. The normalized spacial score (nSPS) is 15.0. The lowest BCUT2D eigenvalue weighted by Gasteiger charge is -2.40. The van der Waals surface area contributed by atoms with Gasteiger partial charge in [-0.15, -0.1) is 0 Å². The number of benzene rings is 2. The first-order chi connectivity index (χ1) is 14.1. The van der Waals surface area contributed by atoms with Crippen molar-refractivity contribution in [2.75, 3.05) is 32.8 Å². The minimum Gasteiger partial charge on any atom is -0.493 e. The van der Waals surface area contributed by atoms with Gasteiger partial charge in [0.15, 0.2) is 11.5 Å². The number of methoxy groups -OCH3 is 1. The lowest BCUT2D eigenvalue weighted by molar-refractivity contribution is 0.226. The summed E-state index contributed by atoms with van der Waals surface area (Å²) in [5.41, 5.74) is 0.725. The molecule has 10 heteroatoms. The van der Waals surface area contributed by atoms with E-state index in [0.717, 1.165) is 23.6 Å². The van der Waals surface area contributed by atoms with Gasteiger partial charge in [0, 0.05) is 16.5 Å². The Morgan fingerprint density at radius 3 is 1.97 bits per heavy atom. The second kappa shape index (κ2) is 8.54. The molecule has 3 rings (SSSR count). The van der Waals surface area contributed by atoms with Crippen molar-refractivity contribution in [3.63, 3.8) is 0 Å². The van der Waals surface area contributed by atoms with Crippen molar-refractivity contribution in [3.8, 4) is 17.2 Å². The van der Waals surface area contributed by atoms with Crippen molar-refractivity contribution in [1.82, 2.24) is 0 Å². The van der Waals surface area contributed by atoms with Crippen LogP contribution in [0.15, 0.2) is 42.5 Å². The molecule has 2 aromatic carbocycles. The van der Waals surface area contributed by atoms with E-state index in [2.05, 4.69) is 0 Å². The SMILES string of the molecule is COc1cccc2c1Oc1ccccc1C2(CCOS(C)(=O)=O)CCOS(C)(=O)=O. The highest BCUT2D eigenvalue weighted by molar-refractivity contribution is 7.86. The molecule has 0 N–H and O–H groups in total. The van der Waals surface area contributed by atoms with Crippen molar-refractivity contribution in [1.29, 1.82) is 0 Å². The first kappa shape index (κ1) is 22.5. The van der Waals surface area contributed by atoms with Crippen LogP contribution < -0.4 is 9.47 Å². The molecular formula is C20H24O8S2. The number of rotatable bonds is 9. The molecule has 164 valence electrons. The van der Waals surface area contributed by atoms with E-state index >= 15 is 0 Å². The number of hydrogen-bond donors (Lipinski definition) is 0. The topological polar surface area (TPSA) is 105 Å². The molecular weight excluding hydrogens is 432 g/mol. The third-order valence-corrected chi connectivity index (χ3v) is 6.17. The summed E-state index contributed by atoms with van der Waals surface area (Å²) in [4.78, 5) is 0. The summed E-state index contributed by atoms with van der Waals surface area (Å²) in [6.45, 7) is -0.189. The summed E-state index contributed by atoms with van der Waals surface area (Å²) >= 11 is 0. The minimum atomic E-state index is -3.65. The van der Waals surface area contributed by atoms with Gasteiger partial charge in [-0.1, -0.05) is 30.3 Å². The minimum absolute atomic E-state index is 0.0946. The maximum absolute atomic E-state index is 11.5. The average Bonchev–Trinajstić information content (AvgIpc) is 2.65. The molecule has 1 heterocycles. The lowest BCUT2D eigenvalue weighted by Crippen LogP contribution is -2.35. The van der Waals surface area contributed by atoms with Crippen molar-refractivity contribution >= 4 is 20.2 Å². The number of hydrogen-bond acceptors (Lipinski definition) is 8. The summed E-state index contributed by atoms with van der Waals surface area (Å²) in [5, 5.41) is 0.